The standard InChI is InChI=1S/C32H29FN2O7/c1-5-41-28(38)25(34-26(36)21-13-9-10-14-22(21)27(34)37)18-32(19-11-7-6-8-12-19)23-17-20(33)15-16-24(23)35(29(32)39)30(40)42-31(2,3)4/h6-17,25H,5,18H2,1-4H3/t25-,32+/m1/s1. The molecule has 0 saturated heterocycles. The molecule has 5 rings (SSSR count). The summed E-state index contributed by atoms with van der Waals surface area (Å²) in [6.07, 6.45) is -1.51. The Kier molecular flexibility index (Phi) is 7.18. The van der Waals surface area contributed by atoms with Gasteiger partial charge in [0.25, 0.3) is 17.7 Å². The van der Waals surface area contributed by atoms with Crippen LogP contribution in [0.4, 0.5) is 14.9 Å². The summed E-state index contributed by atoms with van der Waals surface area (Å²) >= 11 is 0. The number of benzene rings is 3. The van der Waals surface area contributed by atoms with Crippen LogP contribution in [0.2, 0.25) is 0 Å². The molecular weight excluding hydrogens is 543 g/mol. The van der Waals surface area contributed by atoms with E-state index in [0.29, 0.717) is 5.56 Å². The molecule has 4 amide bonds. The average Bonchev–Trinajstić information content (AvgIpc) is 3.34. The summed E-state index contributed by atoms with van der Waals surface area (Å²) in [6, 6.07) is 16.3. The maximum absolute atomic E-state index is 14.9. The Labute approximate surface area is 241 Å². The van der Waals surface area contributed by atoms with Crippen molar-refractivity contribution in [2.24, 2.45) is 0 Å². The quantitative estimate of drug-likeness (QED) is 0.302. The first-order valence-corrected chi connectivity index (χ1v) is 13.5. The molecule has 0 unspecified atom stereocenters. The molecule has 0 saturated carbocycles. The molecule has 10 heteroatoms. The van der Waals surface area contributed by atoms with Crippen molar-refractivity contribution in [1.29, 1.82) is 0 Å². The molecule has 3 aromatic carbocycles. The number of ether oxygens (including phenoxy) is 2. The molecule has 2 aliphatic rings. The number of amides is 4. The fraction of sp³-hybridized carbons (Fsp3) is 0.281. The molecule has 42 heavy (non-hydrogen) atoms. The van der Waals surface area contributed by atoms with E-state index in [1.54, 1.807) is 70.2 Å². The molecule has 0 fully saturated rings. The number of imide groups is 2. The van der Waals surface area contributed by atoms with E-state index in [1.165, 1.54) is 18.2 Å². The minimum absolute atomic E-state index is 0.0597. The van der Waals surface area contributed by atoms with Gasteiger partial charge in [0.15, 0.2) is 0 Å². The highest BCUT2D eigenvalue weighted by molar-refractivity contribution is 6.24. The lowest BCUT2D eigenvalue weighted by Crippen LogP contribution is -2.53. The van der Waals surface area contributed by atoms with Crippen LogP contribution in [0.25, 0.3) is 0 Å². The zero-order valence-corrected chi connectivity index (χ0v) is 23.5. The van der Waals surface area contributed by atoms with Crippen LogP contribution < -0.4 is 4.90 Å². The molecule has 0 radical (unpaired) electrons. The summed E-state index contributed by atoms with van der Waals surface area (Å²) in [6.45, 7) is 6.42. The molecule has 2 heterocycles. The summed E-state index contributed by atoms with van der Waals surface area (Å²) in [4.78, 5) is 70.3. The first-order chi connectivity index (χ1) is 19.9. The Morgan fingerprint density at radius 3 is 2.07 bits per heavy atom. The van der Waals surface area contributed by atoms with Crippen molar-refractivity contribution in [3.63, 3.8) is 0 Å². The molecule has 0 N–H and O–H groups in total. The van der Waals surface area contributed by atoms with Crippen LogP contribution in [0.15, 0.2) is 72.8 Å². The summed E-state index contributed by atoms with van der Waals surface area (Å²) in [7, 11) is 0. The summed E-state index contributed by atoms with van der Waals surface area (Å²) < 4.78 is 25.8. The van der Waals surface area contributed by atoms with Gasteiger partial charge in [0.05, 0.1) is 23.4 Å². The van der Waals surface area contributed by atoms with E-state index >= 15 is 0 Å². The van der Waals surface area contributed by atoms with Gasteiger partial charge in [-0.15, -0.1) is 0 Å². The zero-order valence-electron chi connectivity index (χ0n) is 23.5. The number of halogens is 1. The molecular formula is C32H29FN2O7. The van der Waals surface area contributed by atoms with Gasteiger partial charge >= 0.3 is 12.1 Å². The summed E-state index contributed by atoms with van der Waals surface area (Å²) in [5.41, 5.74) is -2.19. The minimum Gasteiger partial charge on any atom is -0.464 e. The molecule has 0 bridgehead atoms. The third-order valence-electron chi connectivity index (χ3n) is 7.27. The second-order valence-corrected chi connectivity index (χ2v) is 11.1. The SMILES string of the molecule is CCOC(=O)[C@@H](C[C@@]1(c2ccccc2)C(=O)N(C(=O)OC(C)(C)C)c2ccc(F)cc21)N1C(=O)c2ccccc2C1=O. The number of anilines is 1. The number of carbonyl (C=O) groups excluding carboxylic acids is 5. The van der Waals surface area contributed by atoms with Crippen LogP contribution in [-0.4, -0.2) is 52.9 Å². The third kappa shape index (κ3) is 4.62. The van der Waals surface area contributed by atoms with Crippen LogP contribution in [0, 0.1) is 5.82 Å². The second-order valence-electron chi connectivity index (χ2n) is 11.1. The Hall–Kier alpha value is -4.86. The highest BCUT2D eigenvalue weighted by Crippen LogP contribution is 2.50. The smallest absolute Gasteiger partial charge is 0.421 e. The van der Waals surface area contributed by atoms with Gasteiger partial charge in [0, 0.05) is 6.42 Å². The molecule has 2 aliphatic heterocycles. The molecule has 0 spiro atoms. The van der Waals surface area contributed by atoms with Gasteiger partial charge in [-0.2, -0.15) is 0 Å². The molecule has 2 atom stereocenters. The van der Waals surface area contributed by atoms with Crippen molar-refractivity contribution in [2.45, 2.75) is 51.2 Å². The lowest BCUT2D eigenvalue weighted by Gasteiger charge is -2.35. The summed E-state index contributed by atoms with van der Waals surface area (Å²) in [5, 5.41) is 0. The van der Waals surface area contributed by atoms with Crippen LogP contribution in [0.3, 0.4) is 0 Å². The highest BCUT2D eigenvalue weighted by Gasteiger charge is 2.58. The lowest BCUT2D eigenvalue weighted by atomic mass is 9.70. The first kappa shape index (κ1) is 28.7. The van der Waals surface area contributed by atoms with Gasteiger partial charge in [-0.3, -0.25) is 19.3 Å². The Bertz CT molecular complexity index is 1580. The molecule has 3 aromatic rings. The number of fused-ring (bicyclic) bond motifs is 2. The van der Waals surface area contributed by atoms with Crippen LogP contribution in [-0.2, 0) is 24.5 Å². The van der Waals surface area contributed by atoms with Crippen LogP contribution >= 0.6 is 0 Å². The molecule has 0 aromatic heterocycles. The fourth-order valence-electron chi connectivity index (χ4n) is 5.57. The van der Waals surface area contributed by atoms with Gasteiger partial charge in [-0.25, -0.2) is 18.9 Å². The first-order valence-electron chi connectivity index (χ1n) is 13.5. The number of esters is 1. The monoisotopic (exact) mass is 572 g/mol. The van der Waals surface area contributed by atoms with Crippen molar-refractivity contribution in [1.82, 2.24) is 4.90 Å². The van der Waals surface area contributed by atoms with Gasteiger partial charge in [-0.05, 0) is 69.2 Å². The Morgan fingerprint density at radius 1 is 0.905 bits per heavy atom. The van der Waals surface area contributed by atoms with E-state index < -0.39 is 59.1 Å². The lowest BCUT2D eigenvalue weighted by molar-refractivity contribution is -0.148. The number of carbonyl (C=O) groups is 5. The van der Waals surface area contributed by atoms with Crippen molar-refractivity contribution >= 4 is 35.5 Å². The van der Waals surface area contributed by atoms with Gasteiger partial charge in [0.2, 0.25) is 0 Å². The van der Waals surface area contributed by atoms with Crippen molar-refractivity contribution in [2.75, 3.05) is 11.5 Å². The van der Waals surface area contributed by atoms with E-state index in [4.69, 9.17) is 9.47 Å². The highest BCUT2D eigenvalue weighted by atomic mass is 19.1. The molecule has 0 aliphatic carbocycles. The predicted molar refractivity (Wildman–Crippen MR) is 149 cm³/mol. The van der Waals surface area contributed by atoms with E-state index in [2.05, 4.69) is 0 Å². The zero-order chi connectivity index (χ0) is 30.4. The summed E-state index contributed by atoms with van der Waals surface area (Å²) in [5.74, 6) is -3.91. The Morgan fingerprint density at radius 2 is 1.50 bits per heavy atom. The normalized spacial score (nSPS) is 18.5. The van der Waals surface area contributed by atoms with Gasteiger partial charge in [-0.1, -0.05) is 42.5 Å². The van der Waals surface area contributed by atoms with Gasteiger partial charge in [0.1, 0.15) is 22.9 Å². The van der Waals surface area contributed by atoms with Crippen LogP contribution in [0.5, 0.6) is 0 Å². The topological polar surface area (TPSA) is 110 Å². The number of hydrogen-bond acceptors (Lipinski definition) is 7. The maximum Gasteiger partial charge on any atom is 0.421 e. The average molecular weight is 573 g/mol. The Balaban J connectivity index is 1.73. The van der Waals surface area contributed by atoms with E-state index in [-0.39, 0.29) is 29.0 Å². The van der Waals surface area contributed by atoms with E-state index in [0.717, 1.165) is 21.9 Å². The van der Waals surface area contributed by atoms with Crippen molar-refractivity contribution < 1.29 is 37.8 Å². The second kappa shape index (κ2) is 10.5. The minimum atomic E-state index is -1.89. The van der Waals surface area contributed by atoms with E-state index in [9.17, 15) is 28.4 Å². The fourth-order valence-corrected chi connectivity index (χ4v) is 5.57. The number of rotatable bonds is 6. The maximum atomic E-state index is 14.9. The van der Waals surface area contributed by atoms with Crippen molar-refractivity contribution in [3.05, 3.63) is 101 Å². The number of hydrogen-bond donors (Lipinski definition) is 0. The van der Waals surface area contributed by atoms with Gasteiger partial charge < -0.3 is 9.47 Å². The number of nitrogens with zero attached hydrogens (tertiary/aromatic N) is 2. The van der Waals surface area contributed by atoms with Crippen molar-refractivity contribution in [3.8, 4) is 0 Å². The molecule has 9 nitrogen and oxygen atoms in total. The van der Waals surface area contributed by atoms with Crippen LogP contribution in [0.1, 0.15) is 66.0 Å². The van der Waals surface area contributed by atoms with E-state index in [1.807, 2.05) is 0 Å². The largest absolute Gasteiger partial charge is 0.464 e. The predicted octanol–water partition coefficient (Wildman–Crippen LogP) is 5.01. The third-order valence-corrected chi connectivity index (χ3v) is 7.27. The molecule has 216 valence electrons.